The van der Waals surface area contributed by atoms with E-state index in [-0.39, 0.29) is 6.04 Å². The Hall–Kier alpha value is -0.350. The highest BCUT2D eigenvalue weighted by Crippen LogP contribution is 2.32. The van der Waals surface area contributed by atoms with Crippen molar-refractivity contribution in [2.75, 3.05) is 7.05 Å². The minimum Gasteiger partial charge on any atom is -0.309 e. The summed E-state index contributed by atoms with van der Waals surface area (Å²) in [6, 6.07) is 10.3. The van der Waals surface area contributed by atoms with Gasteiger partial charge >= 0.3 is 0 Å². The number of halogens is 2. The number of hydrogen-bond donors (Lipinski definition) is 1. The molecule has 2 aromatic rings. The molecule has 84 valence electrons. The Morgan fingerprint density at radius 1 is 1.38 bits per heavy atom. The summed E-state index contributed by atoms with van der Waals surface area (Å²) >= 11 is 11.2. The van der Waals surface area contributed by atoms with Gasteiger partial charge in [-0.05, 0) is 36.2 Å². The molecular formula is C12H11BrClNS. The Morgan fingerprint density at radius 3 is 2.75 bits per heavy atom. The predicted octanol–water partition coefficient (Wildman–Crippen LogP) is 4.47. The van der Waals surface area contributed by atoms with Crippen molar-refractivity contribution in [1.82, 2.24) is 5.32 Å². The van der Waals surface area contributed by atoms with Gasteiger partial charge in [-0.1, -0.05) is 39.7 Å². The number of thiophene rings is 1. The Morgan fingerprint density at radius 2 is 2.19 bits per heavy atom. The maximum atomic E-state index is 5.94. The maximum absolute atomic E-state index is 5.94. The summed E-state index contributed by atoms with van der Waals surface area (Å²) in [6.45, 7) is 0. The lowest BCUT2D eigenvalue weighted by atomic mass is 10.1. The Kier molecular flexibility index (Phi) is 4.03. The van der Waals surface area contributed by atoms with E-state index in [9.17, 15) is 0 Å². The molecule has 1 heterocycles. The van der Waals surface area contributed by atoms with E-state index in [1.165, 1.54) is 10.4 Å². The van der Waals surface area contributed by atoms with Crippen molar-refractivity contribution < 1.29 is 0 Å². The molecule has 0 amide bonds. The number of hydrogen-bond acceptors (Lipinski definition) is 2. The molecule has 0 aliphatic heterocycles. The van der Waals surface area contributed by atoms with Gasteiger partial charge in [-0.15, -0.1) is 11.3 Å². The van der Waals surface area contributed by atoms with E-state index in [1.807, 2.05) is 25.2 Å². The van der Waals surface area contributed by atoms with Crippen LogP contribution in [0.5, 0.6) is 0 Å². The molecule has 1 aromatic heterocycles. The Balaban J connectivity index is 2.41. The summed E-state index contributed by atoms with van der Waals surface area (Å²) < 4.78 is 1.03. The first-order chi connectivity index (χ1) is 7.72. The molecule has 16 heavy (non-hydrogen) atoms. The third-order valence-corrected chi connectivity index (χ3v) is 4.25. The zero-order valence-corrected chi connectivity index (χ0v) is 11.9. The molecule has 1 atom stereocenters. The topological polar surface area (TPSA) is 12.0 Å². The van der Waals surface area contributed by atoms with Gasteiger partial charge in [-0.3, -0.25) is 0 Å². The quantitative estimate of drug-likeness (QED) is 0.881. The van der Waals surface area contributed by atoms with Crippen molar-refractivity contribution in [2.45, 2.75) is 6.04 Å². The lowest BCUT2D eigenvalue weighted by Gasteiger charge is -2.16. The van der Waals surface area contributed by atoms with Crippen LogP contribution in [0.3, 0.4) is 0 Å². The first-order valence-corrected chi connectivity index (χ1v) is 6.93. The van der Waals surface area contributed by atoms with Crippen LogP contribution in [0.15, 0.2) is 40.2 Å². The molecule has 1 aromatic carbocycles. The highest BCUT2D eigenvalue weighted by molar-refractivity contribution is 9.10. The number of nitrogens with one attached hydrogen (secondary N) is 1. The molecule has 0 aliphatic carbocycles. The van der Waals surface area contributed by atoms with Crippen molar-refractivity contribution in [3.05, 3.63) is 55.6 Å². The standard InChI is InChI=1S/C12H11BrClNS/c1-15-12(11-3-2-6-16-11)9-5-4-8(14)7-10(9)13/h2-7,12,15H,1H3. The van der Waals surface area contributed by atoms with Gasteiger partial charge < -0.3 is 5.32 Å². The van der Waals surface area contributed by atoms with E-state index in [0.29, 0.717) is 0 Å². The minimum atomic E-state index is 0.214. The fourth-order valence-electron chi connectivity index (χ4n) is 1.64. The fourth-order valence-corrected chi connectivity index (χ4v) is 3.41. The van der Waals surface area contributed by atoms with E-state index < -0.39 is 0 Å². The van der Waals surface area contributed by atoms with Crippen molar-refractivity contribution in [3.63, 3.8) is 0 Å². The van der Waals surface area contributed by atoms with Crippen LogP contribution in [0.4, 0.5) is 0 Å². The van der Waals surface area contributed by atoms with E-state index in [0.717, 1.165) is 9.50 Å². The van der Waals surface area contributed by atoms with Crippen LogP contribution in [-0.2, 0) is 0 Å². The van der Waals surface area contributed by atoms with E-state index in [4.69, 9.17) is 11.6 Å². The predicted molar refractivity (Wildman–Crippen MR) is 74.4 cm³/mol. The molecule has 1 unspecified atom stereocenters. The Bertz CT molecular complexity index is 470. The molecule has 0 fully saturated rings. The molecule has 0 aliphatic rings. The van der Waals surface area contributed by atoms with Gasteiger partial charge in [0, 0.05) is 14.4 Å². The third-order valence-electron chi connectivity index (χ3n) is 2.39. The van der Waals surface area contributed by atoms with Gasteiger partial charge in [0.05, 0.1) is 6.04 Å². The first kappa shape index (κ1) is 12.1. The van der Waals surface area contributed by atoms with Gasteiger partial charge in [0.15, 0.2) is 0 Å². The highest BCUT2D eigenvalue weighted by Gasteiger charge is 2.15. The van der Waals surface area contributed by atoms with Crippen LogP contribution in [0.2, 0.25) is 5.02 Å². The van der Waals surface area contributed by atoms with Crippen LogP contribution in [0.1, 0.15) is 16.5 Å². The van der Waals surface area contributed by atoms with Crippen LogP contribution in [0.25, 0.3) is 0 Å². The summed E-state index contributed by atoms with van der Waals surface area (Å²) in [5.41, 5.74) is 1.20. The van der Waals surface area contributed by atoms with E-state index in [1.54, 1.807) is 11.3 Å². The van der Waals surface area contributed by atoms with Crippen LogP contribution in [-0.4, -0.2) is 7.05 Å². The molecule has 1 nitrogen and oxygen atoms in total. The Labute approximate surface area is 113 Å². The molecule has 4 heteroatoms. The van der Waals surface area contributed by atoms with Gasteiger partial charge in [0.1, 0.15) is 0 Å². The van der Waals surface area contributed by atoms with Gasteiger partial charge in [-0.25, -0.2) is 0 Å². The third kappa shape index (κ3) is 2.48. The second kappa shape index (κ2) is 5.32. The summed E-state index contributed by atoms with van der Waals surface area (Å²) in [5, 5.41) is 6.15. The van der Waals surface area contributed by atoms with E-state index in [2.05, 4.69) is 38.8 Å². The maximum Gasteiger partial charge on any atom is 0.0679 e. The van der Waals surface area contributed by atoms with Crippen LogP contribution in [0, 0.1) is 0 Å². The monoisotopic (exact) mass is 315 g/mol. The van der Waals surface area contributed by atoms with Crippen LogP contribution >= 0.6 is 38.9 Å². The first-order valence-electron chi connectivity index (χ1n) is 4.88. The fraction of sp³-hybridized carbons (Fsp3) is 0.167. The zero-order chi connectivity index (χ0) is 11.5. The van der Waals surface area contributed by atoms with Gasteiger partial charge in [-0.2, -0.15) is 0 Å². The molecule has 0 bridgehead atoms. The van der Waals surface area contributed by atoms with Gasteiger partial charge in [0.25, 0.3) is 0 Å². The van der Waals surface area contributed by atoms with Crippen molar-refractivity contribution in [2.24, 2.45) is 0 Å². The van der Waals surface area contributed by atoms with Gasteiger partial charge in [0.2, 0.25) is 0 Å². The molecule has 0 radical (unpaired) electrons. The van der Waals surface area contributed by atoms with Crippen molar-refractivity contribution in [1.29, 1.82) is 0 Å². The average molecular weight is 317 g/mol. The second-order valence-electron chi connectivity index (χ2n) is 3.40. The smallest absolute Gasteiger partial charge is 0.0679 e. The molecule has 1 N–H and O–H groups in total. The normalized spacial score (nSPS) is 12.7. The van der Waals surface area contributed by atoms with E-state index >= 15 is 0 Å². The second-order valence-corrected chi connectivity index (χ2v) is 5.67. The lowest BCUT2D eigenvalue weighted by Crippen LogP contribution is -2.16. The lowest BCUT2D eigenvalue weighted by molar-refractivity contribution is 0.701. The highest BCUT2D eigenvalue weighted by atomic mass is 79.9. The molecule has 0 saturated carbocycles. The summed E-state index contributed by atoms with van der Waals surface area (Å²) in [4.78, 5) is 1.30. The average Bonchev–Trinajstić information content (AvgIpc) is 2.75. The molecule has 2 rings (SSSR count). The summed E-state index contributed by atoms with van der Waals surface area (Å²) in [7, 11) is 1.96. The molecule has 0 saturated heterocycles. The summed E-state index contributed by atoms with van der Waals surface area (Å²) in [6.07, 6.45) is 0. The molecular weight excluding hydrogens is 306 g/mol. The molecule has 0 spiro atoms. The minimum absolute atomic E-state index is 0.214. The van der Waals surface area contributed by atoms with Crippen LogP contribution < -0.4 is 5.32 Å². The van der Waals surface area contributed by atoms with Crippen molar-refractivity contribution >= 4 is 38.9 Å². The summed E-state index contributed by atoms with van der Waals surface area (Å²) in [5.74, 6) is 0. The SMILES string of the molecule is CNC(c1cccs1)c1ccc(Cl)cc1Br. The largest absolute Gasteiger partial charge is 0.309 e. The number of rotatable bonds is 3. The number of benzene rings is 1. The zero-order valence-electron chi connectivity index (χ0n) is 8.71. The van der Waals surface area contributed by atoms with Crippen molar-refractivity contribution in [3.8, 4) is 0 Å².